The molecule has 9 nitrogen and oxygen atoms in total. The van der Waals surface area contributed by atoms with E-state index in [1.165, 1.54) is 36.5 Å². The summed E-state index contributed by atoms with van der Waals surface area (Å²) in [7, 11) is 2.89. The molecule has 4 aromatic rings. The summed E-state index contributed by atoms with van der Waals surface area (Å²) in [5, 5.41) is 0.499. The van der Waals surface area contributed by atoms with Gasteiger partial charge in [0.25, 0.3) is 5.91 Å². The van der Waals surface area contributed by atoms with Crippen molar-refractivity contribution < 1.29 is 19.0 Å². The van der Waals surface area contributed by atoms with Gasteiger partial charge in [-0.1, -0.05) is 23.5 Å². The first-order chi connectivity index (χ1) is 15.6. The van der Waals surface area contributed by atoms with Crippen molar-refractivity contribution in [1.29, 1.82) is 0 Å². The first-order valence-electron chi connectivity index (χ1n) is 9.84. The van der Waals surface area contributed by atoms with E-state index in [1.807, 2.05) is 43.3 Å². The third kappa shape index (κ3) is 4.45. The largest absolute Gasteiger partial charge is 0.492 e. The van der Waals surface area contributed by atoms with Crippen LogP contribution in [0.3, 0.4) is 0 Å². The monoisotopic (exact) mass is 451 g/mol. The summed E-state index contributed by atoms with van der Waals surface area (Å²) >= 11 is 1.39. The number of nitrogens with zero attached hydrogens (tertiary/aromatic N) is 5. The maximum atomic E-state index is 13.6. The zero-order valence-electron chi connectivity index (χ0n) is 17.8. The van der Waals surface area contributed by atoms with E-state index in [9.17, 15) is 4.79 Å². The van der Waals surface area contributed by atoms with Gasteiger partial charge in [0, 0.05) is 12.3 Å². The number of anilines is 1. The van der Waals surface area contributed by atoms with Crippen LogP contribution in [0, 0.1) is 0 Å². The van der Waals surface area contributed by atoms with E-state index >= 15 is 0 Å². The Morgan fingerprint density at radius 3 is 2.66 bits per heavy atom. The summed E-state index contributed by atoms with van der Waals surface area (Å²) in [6.45, 7) is 2.64. The highest BCUT2D eigenvalue weighted by molar-refractivity contribution is 7.22. The number of hydrogen-bond acceptors (Lipinski definition) is 9. The fraction of sp³-hybridized carbons (Fsp3) is 0.227. The molecule has 164 valence electrons. The van der Waals surface area contributed by atoms with E-state index in [4.69, 9.17) is 19.2 Å². The average molecular weight is 452 g/mol. The van der Waals surface area contributed by atoms with Crippen molar-refractivity contribution in [1.82, 2.24) is 19.9 Å². The lowest BCUT2D eigenvalue weighted by molar-refractivity contribution is 0.0978. The van der Waals surface area contributed by atoms with E-state index in [2.05, 4.69) is 15.0 Å². The molecule has 3 heterocycles. The third-order valence-corrected chi connectivity index (χ3v) is 5.53. The highest BCUT2D eigenvalue weighted by atomic mass is 32.1. The zero-order chi connectivity index (χ0) is 22.5. The number of thiazole rings is 1. The molecule has 0 unspecified atom stereocenters. The number of pyridine rings is 1. The Labute approximate surface area is 188 Å². The average Bonchev–Trinajstić information content (AvgIpc) is 3.27. The Balaban J connectivity index is 1.80. The fourth-order valence-corrected chi connectivity index (χ4v) is 4.01. The second kappa shape index (κ2) is 9.56. The normalized spacial score (nSPS) is 10.7. The van der Waals surface area contributed by atoms with Crippen LogP contribution in [0.2, 0.25) is 0 Å². The first kappa shape index (κ1) is 21.4. The Bertz CT molecular complexity index is 1210. The lowest BCUT2D eigenvalue weighted by Gasteiger charge is -2.19. The highest BCUT2D eigenvalue weighted by Crippen LogP contribution is 2.35. The summed E-state index contributed by atoms with van der Waals surface area (Å²) in [6.07, 6.45) is 1.68. The first-order valence-corrected chi connectivity index (χ1v) is 10.7. The predicted molar refractivity (Wildman–Crippen MR) is 121 cm³/mol. The van der Waals surface area contributed by atoms with Crippen LogP contribution in [-0.2, 0) is 6.54 Å². The Hall–Kier alpha value is -3.79. The Morgan fingerprint density at radius 2 is 1.94 bits per heavy atom. The number of ether oxygens (including phenoxy) is 3. The van der Waals surface area contributed by atoms with Gasteiger partial charge in [-0.05, 0) is 31.2 Å². The summed E-state index contributed by atoms with van der Waals surface area (Å²) in [6, 6.07) is 12.7. The van der Waals surface area contributed by atoms with E-state index < -0.39 is 0 Å². The zero-order valence-corrected chi connectivity index (χ0v) is 18.6. The van der Waals surface area contributed by atoms with Gasteiger partial charge in [0.05, 0.1) is 37.8 Å². The number of para-hydroxylation sites is 1. The molecule has 0 radical (unpaired) electrons. The molecule has 0 aliphatic heterocycles. The number of carbonyl (C=O) groups is 1. The second-order valence-electron chi connectivity index (χ2n) is 6.53. The molecular formula is C22H21N5O4S. The van der Waals surface area contributed by atoms with E-state index in [-0.39, 0.29) is 30.0 Å². The van der Waals surface area contributed by atoms with Crippen LogP contribution in [0.5, 0.6) is 17.6 Å². The number of benzene rings is 1. The van der Waals surface area contributed by atoms with Crippen LogP contribution in [0.15, 0.2) is 48.7 Å². The standard InChI is InChI=1S/C22H21N5O4S/c1-4-31-16-9-7-10-17-19(16)26-22(32-17)27(13-14-8-5-6-11-23-14)20(28)15-12-18(29-2)25-21(24-15)30-3/h5-12H,4,13H2,1-3H3. The molecule has 0 aliphatic carbocycles. The van der Waals surface area contributed by atoms with Crippen molar-refractivity contribution in [2.75, 3.05) is 25.7 Å². The quantitative estimate of drug-likeness (QED) is 0.399. The van der Waals surface area contributed by atoms with Crippen molar-refractivity contribution in [2.45, 2.75) is 13.5 Å². The van der Waals surface area contributed by atoms with Crippen LogP contribution in [-0.4, -0.2) is 46.7 Å². The smallest absolute Gasteiger partial charge is 0.320 e. The van der Waals surface area contributed by atoms with E-state index in [0.717, 1.165) is 4.70 Å². The number of aromatic nitrogens is 4. The van der Waals surface area contributed by atoms with Gasteiger partial charge in [-0.2, -0.15) is 9.97 Å². The summed E-state index contributed by atoms with van der Waals surface area (Å²) in [5.41, 5.74) is 1.53. The number of hydrogen-bond donors (Lipinski definition) is 0. The van der Waals surface area contributed by atoms with Crippen LogP contribution in [0.25, 0.3) is 10.2 Å². The lowest BCUT2D eigenvalue weighted by Crippen LogP contribution is -2.31. The third-order valence-electron chi connectivity index (χ3n) is 4.49. The van der Waals surface area contributed by atoms with Crippen LogP contribution < -0.4 is 19.1 Å². The molecule has 0 saturated carbocycles. The van der Waals surface area contributed by atoms with Gasteiger partial charge in [0.2, 0.25) is 5.88 Å². The number of fused-ring (bicyclic) bond motifs is 1. The van der Waals surface area contributed by atoms with Crippen molar-refractivity contribution in [3.05, 3.63) is 60.0 Å². The van der Waals surface area contributed by atoms with Gasteiger partial charge < -0.3 is 14.2 Å². The molecular weight excluding hydrogens is 430 g/mol. The summed E-state index contributed by atoms with van der Waals surface area (Å²) in [4.78, 5) is 32.5. The van der Waals surface area contributed by atoms with Gasteiger partial charge in [-0.15, -0.1) is 0 Å². The number of amides is 1. The summed E-state index contributed by atoms with van der Waals surface area (Å²) in [5.74, 6) is 0.510. The fourth-order valence-electron chi connectivity index (χ4n) is 3.03. The Kier molecular flexibility index (Phi) is 6.41. The van der Waals surface area contributed by atoms with E-state index in [0.29, 0.717) is 28.7 Å². The number of rotatable bonds is 8. The predicted octanol–water partition coefficient (Wildman–Crippen LogP) is 3.74. The number of carbonyl (C=O) groups excluding carboxylic acids is 1. The van der Waals surface area contributed by atoms with Crippen LogP contribution >= 0.6 is 11.3 Å². The molecule has 0 saturated heterocycles. The Morgan fingerprint density at radius 1 is 1.06 bits per heavy atom. The molecule has 0 bridgehead atoms. The van der Waals surface area contributed by atoms with Gasteiger partial charge in [-0.25, -0.2) is 4.98 Å². The van der Waals surface area contributed by atoms with Crippen LogP contribution in [0.4, 0.5) is 5.13 Å². The molecule has 32 heavy (non-hydrogen) atoms. The minimum absolute atomic E-state index is 0.0356. The van der Waals surface area contributed by atoms with Crippen LogP contribution in [0.1, 0.15) is 23.1 Å². The molecule has 1 aromatic carbocycles. The number of methoxy groups -OCH3 is 2. The van der Waals surface area contributed by atoms with Gasteiger partial charge in [0.1, 0.15) is 17.0 Å². The molecule has 1 amide bonds. The maximum absolute atomic E-state index is 13.6. The van der Waals surface area contributed by atoms with E-state index in [1.54, 1.807) is 6.20 Å². The van der Waals surface area contributed by atoms with Crippen molar-refractivity contribution in [3.63, 3.8) is 0 Å². The second-order valence-corrected chi connectivity index (χ2v) is 7.54. The molecule has 0 atom stereocenters. The summed E-state index contributed by atoms with van der Waals surface area (Å²) < 4.78 is 16.9. The van der Waals surface area contributed by atoms with Gasteiger partial charge in [0.15, 0.2) is 5.13 Å². The van der Waals surface area contributed by atoms with Crippen molar-refractivity contribution in [2.24, 2.45) is 0 Å². The van der Waals surface area contributed by atoms with Gasteiger partial charge in [-0.3, -0.25) is 14.7 Å². The molecule has 3 aromatic heterocycles. The highest BCUT2D eigenvalue weighted by Gasteiger charge is 2.25. The van der Waals surface area contributed by atoms with Gasteiger partial charge >= 0.3 is 6.01 Å². The lowest BCUT2D eigenvalue weighted by atomic mass is 10.3. The molecule has 0 aliphatic rings. The SMILES string of the molecule is CCOc1cccc2sc(N(Cc3ccccn3)C(=O)c3cc(OC)nc(OC)n3)nc12. The minimum atomic E-state index is -0.383. The molecule has 10 heteroatoms. The minimum Gasteiger partial charge on any atom is -0.492 e. The molecule has 0 spiro atoms. The van der Waals surface area contributed by atoms with Crippen molar-refractivity contribution in [3.8, 4) is 17.6 Å². The van der Waals surface area contributed by atoms with Crippen molar-refractivity contribution >= 4 is 32.6 Å². The molecule has 4 rings (SSSR count). The topological polar surface area (TPSA) is 99.6 Å². The molecule has 0 fully saturated rings. The maximum Gasteiger partial charge on any atom is 0.320 e. The molecule has 0 N–H and O–H groups in total.